The number of para-hydroxylation sites is 1. The van der Waals surface area contributed by atoms with E-state index < -0.39 is 0 Å². The molecule has 2 rings (SSSR count). The molecule has 0 saturated heterocycles. The van der Waals surface area contributed by atoms with Crippen LogP contribution in [0, 0.1) is 12.1 Å². The predicted octanol–water partition coefficient (Wildman–Crippen LogP) is 3.92. The maximum absolute atomic E-state index is 11.7. The van der Waals surface area contributed by atoms with Crippen molar-refractivity contribution < 1.29 is 4.86 Å². The zero-order chi connectivity index (χ0) is 11.4. The lowest BCUT2D eigenvalue weighted by atomic mass is 10.2. The molecule has 0 saturated carbocycles. The quantitative estimate of drug-likeness (QED) is 0.422. The van der Waals surface area contributed by atoms with E-state index in [9.17, 15) is 5.21 Å². The molecule has 0 unspecified atom stereocenters. The van der Waals surface area contributed by atoms with Crippen LogP contribution in [0.2, 0.25) is 0 Å². The molecule has 16 heavy (non-hydrogen) atoms. The summed E-state index contributed by atoms with van der Waals surface area (Å²) in [5.41, 5.74) is 2.28. The van der Waals surface area contributed by atoms with Gasteiger partial charge in [0.15, 0.2) is 0 Å². The van der Waals surface area contributed by atoms with Crippen molar-refractivity contribution >= 4 is 11.4 Å². The van der Waals surface area contributed by atoms with E-state index in [4.69, 9.17) is 0 Å². The minimum Gasteiger partial charge on any atom is -0.594 e. The van der Waals surface area contributed by atoms with E-state index in [2.05, 4.69) is 5.11 Å². The first kappa shape index (κ1) is 10.4. The molecule has 0 N–H and O–H groups in total. The number of benzene rings is 2. The van der Waals surface area contributed by atoms with Gasteiger partial charge in [0.1, 0.15) is 5.69 Å². The molecule has 0 spiro atoms. The summed E-state index contributed by atoms with van der Waals surface area (Å²) in [6.07, 6.45) is 0. The van der Waals surface area contributed by atoms with Crippen molar-refractivity contribution in [1.29, 1.82) is 0 Å². The number of rotatable bonds is 2. The minimum absolute atomic E-state index is 0.531. The molecule has 0 bridgehead atoms. The Morgan fingerprint density at radius 3 is 2.44 bits per heavy atom. The molecule has 2 aromatic rings. The van der Waals surface area contributed by atoms with E-state index in [1.807, 2.05) is 43.3 Å². The molecule has 80 valence electrons. The molecule has 0 fully saturated rings. The monoisotopic (exact) mass is 212 g/mol. The number of azo groups is 1. The summed E-state index contributed by atoms with van der Waals surface area (Å²) in [5.74, 6) is 0. The lowest BCUT2D eigenvalue weighted by Gasteiger charge is -1.99. The topological polar surface area (TPSA) is 38.4 Å². The summed E-state index contributed by atoms with van der Waals surface area (Å²) in [4.78, 5) is 0.634. The Kier molecular flexibility index (Phi) is 2.96. The van der Waals surface area contributed by atoms with E-state index in [-0.39, 0.29) is 0 Å². The Hall–Kier alpha value is -2.16. The van der Waals surface area contributed by atoms with Gasteiger partial charge in [-0.3, -0.25) is 0 Å². The maximum atomic E-state index is 11.7. The van der Waals surface area contributed by atoms with Gasteiger partial charge in [-0.1, -0.05) is 35.2 Å². The minimum atomic E-state index is 0.531. The lowest BCUT2D eigenvalue weighted by molar-refractivity contribution is -0.435. The third-order valence-corrected chi connectivity index (χ3v) is 2.19. The Bertz CT molecular complexity index is 506. The fraction of sp³-hybridized carbons (Fsp3) is 0.0769. The van der Waals surface area contributed by atoms with Crippen molar-refractivity contribution in [3.05, 3.63) is 65.4 Å². The highest BCUT2D eigenvalue weighted by Gasteiger charge is 2.01. The van der Waals surface area contributed by atoms with E-state index in [1.54, 1.807) is 18.2 Å². The molecule has 0 aliphatic carbocycles. The van der Waals surface area contributed by atoms with Crippen molar-refractivity contribution in [3.8, 4) is 0 Å². The average molecular weight is 212 g/mol. The first-order valence-electron chi connectivity index (χ1n) is 5.06. The van der Waals surface area contributed by atoms with Crippen LogP contribution in [0.4, 0.5) is 11.4 Å². The maximum Gasteiger partial charge on any atom is 0.244 e. The second kappa shape index (κ2) is 4.57. The summed E-state index contributed by atoms with van der Waals surface area (Å²) in [7, 11) is 0. The first-order valence-corrected chi connectivity index (χ1v) is 5.06. The van der Waals surface area contributed by atoms with Gasteiger partial charge in [-0.25, -0.2) is 0 Å². The van der Waals surface area contributed by atoms with Gasteiger partial charge in [-0.05, 0) is 24.6 Å². The number of nitrogens with zero attached hydrogens (tertiary/aromatic N) is 2. The van der Waals surface area contributed by atoms with Gasteiger partial charge < -0.3 is 5.21 Å². The molecule has 0 atom stereocenters. The molecule has 0 aliphatic rings. The van der Waals surface area contributed by atoms with Crippen LogP contribution in [-0.2, 0) is 0 Å². The summed E-state index contributed by atoms with van der Waals surface area (Å²) >= 11 is 0. The van der Waals surface area contributed by atoms with Gasteiger partial charge in [-0.2, -0.15) is 0 Å². The van der Waals surface area contributed by atoms with Gasteiger partial charge in [0.25, 0.3) is 0 Å². The number of hydrogen-bond acceptors (Lipinski definition) is 2. The Morgan fingerprint density at radius 1 is 1.00 bits per heavy atom. The van der Waals surface area contributed by atoms with E-state index >= 15 is 0 Å². The number of aryl methyl sites for hydroxylation is 1. The first-order chi connectivity index (χ1) is 7.75. The van der Waals surface area contributed by atoms with Crippen LogP contribution in [0.25, 0.3) is 0 Å². The van der Waals surface area contributed by atoms with Crippen molar-refractivity contribution in [2.75, 3.05) is 0 Å². The van der Waals surface area contributed by atoms with Gasteiger partial charge in [-0.15, -0.1) is 0 Å². The third-order valence-electron chi connectivity index (χ3n) is 2.19. The molecule has 0 amide bonds. The molecule has 2 aromatic carbocycles. The second-order valence-corrected chi connectivity index (χ2v) is 3.55. The van der Waals surface area contributed by atoms with E-state index in [1.165, 1.54) is 0 Å². The van der Waals surface area contributed by atoms with Crippen molar-refractivity contribution in [2.45, 2.75) is 6.92 Å². The van der Waals surface area contributed by atoms with Gasteiger partial charge >= 0.3 is 0 Å². The summed E-state index contributed by atoms with van der Waals surface area (Å²) in [6.45, 7) is 1.97. The zero-order valence-corrected chi connectivity index (χ0v) is 9.00. The Labute approximate surface area is 94.3 Å². The molecule has 0 heterocycles. The second-order valence-electron chi connectivity index (χ2n) is 3.55. The standard InChI is InChI=1S/C13H12N2O/c1-11-6-5-7-12(10-11)14-15(16)13-8-3-2-4-9-13/h2-10H,1H3. The highest BCUT2D eigenvalue weighted by Crippen LogP contribution is 2.17. The predicted molar refractivity (Wildman–Crippen MR) is 63.0 cm³/mol. The summed E-state index contributed by atoms with van der Waals surface area (Å²) in [6, 6.07) is 16.5. The van der Waals surface area contributed by atoms with Crippen molar-refractivity contribution in [2.24, 2.45) is 5.11 Å². The van der Waals surface area contributed by atoms with E-state index in [0.717, 1.165) is 5.56 Å². The fourth-order valence-corrected chi connectivity index (χ4v) is 1.41. The van der Waals surface area contributed by atoms with Gasteiger partial charge in [0, 0.05) is 17.2 Å². The van der Waals surface area contributed by atoms with Crippen LogP contribution >= 0.6 is 0 Å². The van der Waals surface area contributed by atoms with Crippen LogP contribution in [-0.4, -0.2) is 4.86 Å². The molecule has 0 aliphatic heterocycles. The average Bonchev–Trinajstić information content (AvgIpc) is 2.30. The molecule has 0 aromatic heterocycles. The molecule has 3 nitrogen and oxygen atoms in total. The van der Waals surface area contributed by atoms with Crippen molar-refractivity contribution in [1.82, 2.24) is 0 Å². The zero-order valence-electron chi connectivity index (χ0n) is 9.00. The highest BCUT2D eigenvalue weighted by atomic mass is 16.5. The van der Waals surface area contributed by atoms with Crippen LogP contribution in [0.15, 0.2) is 59.7 Å². The van der Waals surface area contributed by atoms with Gasteiger partial charge in [0.05, 0.1) is 0 Å². The molecular weight excluding hydrogens is 200 g/mol. The molecular formula is C13H12N2O. The van der Waals surface area contributed by atoms with Crippen LogP contribution in [0.3, 0.4) is 0 Å². The largest absolute Gasteiger partial charge is 0.594 e. The van der Waals surface area contributed by atoms with E-state index in [0.29, 0.717) is 16.2 Å². The SMILES string of the molecule is Cc1cccc(N=[N+]([O-])c2ccccc2)c1. The summed E-state index contributed by atoms with van der Waals surface area (Å²) < 4.78 is 0. The van der Waals surface area contributed by atoms with Crippen LogP contribution in [0.1, 0.15) is 5.56 Å². The Morgan fingerprint density at radius 2 is 1.75 bits per heavy atom. The lowest BCUT2D eigenvalue weighted by Crippen LogP contribution is -1.89. The normalized spacial score (nSPS) is 11.4. The Balaban J connectivity index is 2.32. The number of hydrogen-bond donors (Lipinski definition) is 0. The fourth-order valence-electron chi connectivity index (χ4n) is 1.41. The van der Waals surface area contributed by atoms with Crippen molar-refractivity contribution in [3.63, 3.8) is 0 Å². The highest BCUT2D eigenvalue weighted by molar-refractivity contribution is 5.38. The molecule has 0 radical (unpaired) electrons. The third kappa shape index (κ3) is 2.45. The van der Waals surface area contributed by atoms with Crippen LogP contribution < -0.4 is 0 Å². The van der Waals surface area contributed by atoms with Crippen LogP contribution in [0.5, 0.6) is 0 Å². The van der Waals surface area contributed by atoms with Gasteiger partial charge in [0.2, 0.25) is 5.69 Å². The molecule has 3 heteroatoms. The smallest absolute Gasteiger partial charge is 0.244 e. The summed E-state index contributed by atoms with van der Waals surface area (Å²) in [5, 5.41) is 15.6.